The molecule has 25 heavy (non-hydrogen) atoms. The van der Waals surface area contributed by atoms with Crippen LogP contribution in [0.15, 0.2) is 6.07 Å². The predicted octanol–water partition coefficient (Wildman–Crippen LogP) is 2.47. The van der Waals surface area contributed by atoms with Gasteiger partial charge in [0, 0.05) is 25.1 Å². The van der Waals surface area contributed by atoms with E-state index in [0.717, 1.165) is 12.1 Å². The number of aromatic nitrogens is 2. The zero-order valence-electron chi connectivity index (χ0n) is 15.1. The maximum atomic E-state index is 12.2. The van der Waals surface area contributed by atoms with Gasteiger partial charge in [0.1, 0.15) is 23.9 Å². The van der Waals surface area contributed by atoms with E-state index >= 15 is 0 Å². The summed E-state index contributed by atoms with van der Waals surface area (Å²) in [6.07, 6.45) is 0.120. The number of rotatable bonds is 2. The number of ether oxygens (including phenoxy) is 2. The molecule has 2 aliphatic rings. The molecule has 0 saturated carbocycles. The Kier molecular flexibility index (Phi) is 4.53. The topological polar surface area (TPSA) is 84.9 Å². The van der Waals surface area contributed by atoms with Gasteiger partial charge in [0.2, 0.25) is 0 Å². The average Bonchev–Trinajstić information content (AvgIpc) is 3.13. The zero-order valence-corrected chi connectivity index (χ0v) is 15.1. The molecule has 2 saturated heterocycles. The molecular formula is C17H24N4O4. The summed E-state index contributed by atoms with van der Waals surface area (Å²) in [5, 5.41) is 0. The van der Waals surface area contributed by atoms with Gasteiger partial charge in [-0.15, -0.1) is 0 Å². The second-order valence-corrected chi connectivity index (χ2v) is 7.38. The number of amides is 2. The molecule has 2 aliphatic heterocycles. The monoisotopic (exact) mass is 348 g/mol. The number of hydrogen-bond donors (Lipinski definition) is 0. The van der Waals surface area contributed by atoms with E-state index in [0.29, 0.717) is 37.9 Å². The molecule has 3 rings (SSSR count). The van der Waals surface area contributed by atoms with Crippen molar-refractivity contribution in [3.05, 3.63) is 17.6 Å². The molecule has 8 nitrogen and oxygen atoms in total. The fraction of sp³-hybridized carbons (Fsp3) is 0.647. The molecule has 2 amide bonds. The maximum absolute atomic E-state index is 12.2. The molecule has 0 spiro atoms. The van der Waals surface area contributed by atoms with Gasteiger partial charge < -0.3 is 14.4 Å². The lowest BCUT2D eigenvalue weighted by Crippen LogP contribution is -2.35. The largest absolute Gasteiger partial charge is 0.447 e. The van der Waals surface area contributed by atoms with E-state index in [4.69, 9.17) is 9.47 Å². The van der Waals surface area contributed by atoms with Crippen LogP contribution >= 0.6 is 0 Å². The number of carbonyl (C=O) groups is 2. The molecule has 3 heterocycles. The van der Waals surface area contributed by atoms with Crippen LogP contribution in [0.5, 0.6) is 0 Å². The number of carbonyl (C=O) groups excluding carboxylic acids is 2. The van der Waals surface area contributed by atoms with Gasteiger partial charge in [0.05, 0.1) is 12.2 Å². The van der Waals surface area contributed by atoms with E-state index in [-0.39, 0.29) is 18.1 Å². The number of hydrogen-bond acceptors (Lipinski definition) is 6. The van der Waals surface area contributed by atoms with Crippen LogP contribution in [0.4, 0.5) is 15.4 Å². The highest BCUT2D eigenvalue weighted by molar-refractivity contribution is 5.88. The summed E-state index contributed by atoms with van der Waals surface area (Å²) in [6, 6.07) is 1.82. The Morgan fingerprint density at radius 2 is 2.08 bits per heavy atom. The predicted molar refractivity (Wildman–Crippen MR) is 90.6 cm³/mol. The van der Waals surface area contributed by atoms with Crippen LogP contribution in [0, 0.1) is 6.92 Å². The van der Waals surface area contributed by atoms with Gasteiger partial charge in [-0.05, 0) is 34.1 Å². The molecule has 1 aromatic rings. The molecule has 0 radical (unpaired) electrons. The molecule has 1 atom stereocenters. The standard InChI is InChI=1S/C17H24N4O4/c1-11-18-13(9-14(19-11)21-7-8-24-16(21)23)12-5-6-20(10-12)15(22)25-17(2,3)4/h9,12H,5-8,10H2,1-4H3/t12-/m0/s1. The smallest absolute Gasteiger partial charge is 0.415 e. The molecule has 0 aromatic carbocycles. The third-order valence-electron chi connectivity index (χ3n) is 4.14. The minimum Gasteiger partial charge on any atom is -0.447 e. The lowest BCUT2D eigenvalue weighted by molar-refractivity contribution is 0.0292. The molecule has 2 fully saturated rings. The van der Waals surface area contributed by atoms with Crippen LogP contribution in [-0.4, -0.2) is 58.9 Å². The first-order valence-corrected chi connectivity index (χ1v) is 8.51. The van der Waals surface area contributed by atoms with Gasteiger partial charge in [-0.25, -0.2) is 19.6 Å². The molecule has 136 valence electrons. The van der Waals surface area contributed by atoms with Crippen LogP contribution < -0.4 is 4.90 Å². The second-order valence-electron chi connectivity index (χ2n) is 7.38. The highest BCUT2D eigenvalue weighted by atomic mass is 16.6. The van der Waals surface area contributed by atoms with Crippen molar-refractivity contribution in [2.24, 2.45) is 0 Å². The van der Waals surface area contributed by atoms with E-state index in [1.807, 2.05) is 26.8 Å². The summed E-state index contributed by atoms with van der Waals surface area (Å²) in [4.78, 5) is 36.1. The number of aryl methyl sites for hydroxylation is 1. The first-order valence-electron chi connectivity index (χ1n) is 8.51. The number of likely N-dealkylation sites (tertiary alicyclic amines) is 1. The zero-order chi connectivity index (χ0) is 18.2. The van der Waals surface area contributed by atoms with Crippen LogP contribution in [0.25, 0.3) is 0 Å². The van der Waals surface area contributed by atoms with Crippen molar-refractivity contribution in [3.63, 3.8) is 0 Å². The van der Waals surface area contributed by atoms with Crippen LogP contribution in [0.2, 0.25) is 0 Å². The molecule has 0 aliphatic carbocycles. The van der Waals surface area contributed by atoms with Gasteiger partial charge in [-0.2, -0.15) is 0 Å². The molecule has 1 aromatic heterocycles. The quantitative estimate of drug-likeness (QED) is 0.816. The Hall–Kier alpha value is -2.38. The Morgan fingerprint density at radius 1 is 1.32 bits per heavy atom. The summed E-state index contributed by atoms with van der Waals surface area (Å²) in [5.41, 5.74) is 0.331. The van der Waals surface area contributed by atoms with E-state index in [2.05, 4.69) is 9.97 Å². The van der Waals surface area contributed by atoms with Crippen molar-refractivity contribution in [2.75, 3.05) is 31.1 Å². The van der Waals surface area contributed by atoms with Gasteiger partial charge in [-0.1, -0.05) is 0 Å². The third-order valence-corrected chi connectivity index (χ3v) is 4.14. The first kappa shape index (κ1) is 17.4. The van der Waals surface area contributed by atoms with Crippen LogP contribution in [-0.2, 0) is 9.47 Å². The van der Waals surface area contributed by atoms with Crippen molar-refractivity contribution in [1.82, 2.24) is 14.9 Å². The summed E-state index contributed by atoms with van der Waals surface area (Å²) < 4.78 is 10.4. The third kappa shape index (κ3) is 4.00. The van der Waals surface area contributed by atoms with Gasteiger partial charge in [0.25, 0.3) is 0 Å². The summed E-state index contributed by atoms with van der Waals surface area (Å²) in [6.45, 7) is 9.40. The van der Waals surface area contributed by atoms with Gasteiger partial charge >= 0.3 is 12.2 Å². The van der Waals surface area contributed by atoms with Crippen LogP contribution in [0.3, 0.4) is 0 Å². The average molecular weight is 348 g/mol. The molecule has 0 bridgehead atoms. The highest BCUT2D eigenvalue weighted by Gasteiger charge is 2.32. The van der Waals surface area contributed by atoms with E-state index in [9.17, 15) is 9.59 Å². The fourth-order valence-corrected chi connectivity index (χ4v) is 3.02. The van der Waals surface area contributed by atoms with E-state index in [1.165, 1.54) is 4.90 Å². The number of cyclic esters (lactones) is 1. The Labute approximate surface area is 147 Å². The van der Waals surface area contributed by atoms with Gasteiger partial charge in [0.15, 0.2) is 0 Å². The van der Waals surface area contributed by atoms with Crippen LogP contribution in [0.1, 0.15) is 44.6 Å². The van der Waals surface area contributed by atoms with Crippen molar-refractivity contribution in [3.8, 4) is 0 Å². The first-order chi connectivity index (χ1) is 11.7. The Bertz CT molecular complexity index is 686. The fourth-order valence-electron chi connectivity index (χ4n) is 3.02. The summed E-state index contributed by atoms with van der Waals surface area (Å²) in [5.74, 6) is 1.26. The second kappa shape index (κ2) is 6.50. The molecule has 0 N–H and O–H groups in total. The van der Waals surface area contributed by atoms with Crippen molar-refractivity contribution in [2.45, 2.75) is 45.6 Å². The molecule has 8 heteroatoms. The van der Waals surface area contributed by atoms with E-state index < -0.39 is 5.60 Å². The number of anilines is 1. The maximum Gasteiger partial charge on any atom is 0.415 e. The molecule has 0 unspecified atom stereocenters. The highest BCUT2D eigenvalue weighted by Crippen LogP contribution is 2.29. The molecular weight excluding hydrogens is 324 g/mol. The van der Waals surface area contributed by atoms with E-state index in [1.54, 1.807) is 11.8 Å². The Morgan fingerprint density at radius 3 is 2.72 bits per heavy atom. The Balaban J connectivity index is 1.73. The minimum atomic E-state index is -0.510. The SMILES string of the molecule is Cc1nc([C@H]2CCN(C(=O)OC(C)(C)C)C2)cc(N2CCOC2=O)n1. The normalized spacial score (nSPS) is 20.8. The van der Waals surface area contributed by atoms with Crippen molar-refractivity contribution >= 4 is 18.0 Å². The van der Waals surface area contributed by atoms with Crippen molar-refractivity contribution < 1.29 is 19.1 Å². The lowest BCUT2D eigenvalue weighted by Gasteiger charge is -2.24. The van der Waals surface area contributed by atoms with Crippen molar-refractivity contribution in [1.29, 1.82) is 0 Å². The number of nitrogens with zero attached hydrogens (tertiary/aromatic N) is 4. The lowest BCUT2D eigenvalue weighted by atomic mass is 10.0. The van der Waals surface area contributed by atoms with Gasteiger partial charge in [-0.3, -0.25) is 4.90 Å². The summed E-state index contributed by atoms with van der Waals surface area (Å²) in [7, 11) is 0. The minimum absolute atomic E-state index is 0.103. The summed E-state index contributed by atoms with van der Waals surface area (Å²) >= 11 is 0.